The molecular weight excluding hydrogens is 458 g/mol. The van der Waals surface area contributed by atoms with Crippen LogP contribution in [-0.4, -0.2) is 72.2 Å². The van der Waals surface area contributed by atoms with Gasteiger partial charge in [-0.25, -0.2) is 13.2 Å². The highest BCUT2D eigenvalue weighted by atomic mass is 32.2. The summed E-state index contributed by atoms with van der Waals surface area (Å²) in [5.41, 5.74) is 0.205. The summed E-state index contributed by atoms with van der Waals surface area (Å²) >= 11 is 1.28. The summed E-state index contributed by atoms with van der Waals surface area (Å²) in [6.45, 7) is 5.39. The van der Waals surface area contributed by atoms with Gasteiger partial charge in [0.2, 0.25) is 6.79 Å². The van der Waals surface area contributed by atoms with Crippen LogP contribution in [0.1, 0.15) is 26.3 Å². The molecule has 174 valence electrons. The fourth-order valence-corrected chi connectivity index (χ4v) is 7.63. The van der Waals surface area contributed by atoms with E-state index in [1.54, 1.807) is 26.8 Å². The number of amidine groups is 1. The number of rotatable bonds is 4. The lowest BCUT2D eigenvalue weighted by Gasteiger charge is -2.24. The van der Waals surface area contributed by atoms with Crippen LogP contribution in [-0.2, 0) is 25.9 Å². The molecule has 2 atom stereocenters. The Labute approximate surface area is 190 Å². The average Bonchev–Trinajstić information content (AvgIpc) is 3.32. The minimum absolute atomic E-state index is 0.0125. The lowest BCUT2D eigenvalue weighted by atomic mass is 10.1. The molecular formula is C20H25N3O7S2. The second-order valence-electron chi connectivity index (χ2n) is 8.76. The largest absolute Gasteiger partial charge is 0.454 e. The van der Waals surface area contributed by atoms with Crippen LogP contribution >= 0.6 is 11.8 Å². The smallest absolute Gasteiger partial charge is 0.408 e. The number of hydrogen-bond acceptors (Lipinski definition) is 8. The summed E-state index contributed by atoms with van der Waals surface area (Å²) in [4.78, 5) is 30.2. The van der Waals surface area contributed by atoms with Gasteiger partial charge in [-0.1, -0.05) is 17.8 Å². The number of nitrogens with zero attached hydrogens (tertiary/aromatic N) is 2. The molecule has 4 rings (SSSR count). The standard InChI is InChI=1S/C20H25N3O7S2/c1-20(2,3)30-19(25)21-7-17(24)22-18-23(13-9-32(26,27)10-16(13)31-18)8-12-4-5-14-15(6-12)29-11-28-14/h4-6,13,16H,7-11H2,1-3H3,(H,21,25)/t13-,16+/m0/s1. The van der Waals surface area contributed by atoms with E-state index >= 15 is 0 Å². The average molecular weight is 484 g/mol. The Bertz CT molecular complexity index is 1070. The van der Waals surface area contributed by atoms with Crippen LogP contribution in [0.2, 0.25) is 0 Å². The van der Waals surface area contributed by atoms with Crippen molar-refractivity contribution in [2.45, 2.75) is 44.2 Å². The van der Waals surface area contributed by atoms with Crippen molar-refractivity contribution >= 4 is 38.8 Å². The molecule has 0 unspecified atom stereocenters. The van der Waals surface area contributed by atoms with Crippen LogP contribution in [0, 0.1) is 0 Å². The van der Waals surface area contributed by atoms with E-state index in [1.807, 2.05) is 17.0 Å². The molecule has 1 aromatic rings. The van der Waals surface area contributed by atoms with Crippen LogP contribution in [0.25, 0.3) is 0 Å². The molecule has 0 spiro atoms. The molecule has 1 aromatic carbocycles. The van der Waals surface area contributed by atoms with Gasteiger partial charge in [0.1, 0.15) is 12.1 Å². The Morgan fingerprint density at radius 3 is 2.75 bits per heavy atom. The zero-order chi connectivity index (χ0) is 23.1. The number of nitrogens with one attached hydrogen (secondary N) is 1. The summed E-state index contributed by atoms with van der Waals surface area (Å²) in [6.07, 6.45) is -0.703. The minimum Gasteiger partial charge on any atom is -0.454 e. The molecule has 2 amide bonds. The highest BCUT2D eigenvalue weighted by Gasteiger charge is 2.48. The number of ether oxygens (including phenoxy) is 3. The van der Waals surface area contributed by atoms with Gasteiger partial charge in [-0.3, -0.25) is 4.79 Å². The van der Waals surface area contributed by atoms with Gasteiger partial charge in [-0.2, -0.15) is 4.99 Å². The monoisotopic (exact) mass is 483 g/mol. The number of fused-ring (bicyclic) bond motifs is 2. The van der Waals surface area contributed by atoms with E-state index in [0.717, 1.165) is 5.56 Å². The quantitative estimate of drug-likeness (QED) is 0.679. The molecule has 1 N–H and O–H groups in total. The first kappa shape index (κ1) is 22.7. The third kappa shape index (κ3) is 5.29. The van der Waals surface area contributed by atoms with Gasteiger partial charge in [-0.05, 0) is 38.5 Å². The SMILES string of the molecule is CC(C)(C)OC(=O)NCC(=O)N=C1S[C@@H]2CS(=O)(=O)C[C@@H]2N1Cc1ccc2c(c1)OCO2. The van der Waals surface area contributed by atoms with Crippen LogP contribution in [0.3, 0.4) is 0 Å². The minimum atomic E-state index is -3.15. The molecule has 0 aliphatic carbocycles. The number of amides is 2. The second-order valence-corrected chi connectivity index (χ2v) is 12.1. The van der Waals surface area contributed by atoms with E-state index in [1.165, 1.54) is 11.8 Å². The van der Waals surface area contributed by atoms with Crippen molar-refractivity contribution in [1.82, 2.24) is 10.2 Å². The molecule has 2 fully saturated rings. The number of alkyl carbamates (subject to hydrolysis) is 1. The van der Waals surface area contributed by atoms with E-state index in [2.05, 4.69) is 10.3 Å². The van der Waals surface area contributed by atoms with Crippen molar-refractivity contribution in [3.63, 3.8) is 0 Å². The first-order valence-electron chi connectivity index (χ1n) is 10.1. The van der Waals surface area contributed by atoms with Gasteiger partial charge in [0.05, 0.1) is 17.5 Å². The van der Waals surface area contributed by atoms with Gasteiger partial charge >= 0.3 is 6.09 Å². The van der Waals surface area contributed by atoms with Crippen molar-refractivity contribution in [3.8, 4) is 11.5 Å². The van der Waals surface area contributed by atoms with Crippen molar-refractivity contribution < 1.29 is 32.2 Å². The highest BCUT2D eigenvalue weighted by Crippen LogP contribution is 2.40. The summed E-state index contributed by atoms with van der Waals surface area (Å²) in [6, 6.07) is 5.24. The number of sulfone groups is 1. The molecule has 2 saturated heterocycles. The van der Waals surface area contributed by atoms with Crippen LogP contribution in [0.15, 0.2) is 23.2 Å². The zero-order valence-corrected chi connectivity index (χ0v) is 19.6. The number of hydrogen-bond donors (Lipinski definition) is 1. The van der Waals surface area contributed by atoms with Gasteiger partial charge in [-0.15, -0.1) is 0 Å². The maximum atomic E-state index is 12.4. The maximum Gasteiger partial charge on any atom is 0.408 e. The van der Waals surface area contributed by atoms with E-state index in [-0.39, 0.29) is 36.1 Å². The molecule has 0 saturated carbocycles. The lowest BCUT2D eigenvalue weighted by Crippen LogP contribution is -2.38. The second kappa shape index (κ2) is 8.47. The van der Waals surface area contributed by atoms with Crippen molar-refractivity contribution in [3.05, 3.63) is 23.8 Å². The molecule has 3 aliphatic heterocycles. The third-order valence-corrected chi connectivity index (χ3v) is 8.22. The van der Waals surface area contributed by atoms with Crippen molar-refractivity contribution in [1.29, 1.82) is 0 Å². The van der Waals surface area contributed by atoms with Crippen molar-refractivity contribution in [2.75, 3.05) is 24.8 Å². The Balaban J connectivity index is 1.48. The van der Waals surface area contributed by atoms with E-state index < -0.39 is 27.4 Å². The Hall–Kier alpha value is -2.47. The summed E-state index contributed by atoms with van der Waals surface area (Å²) in [5, 5.41) is 2.65. The molecule has 0 radical (unpaired) electrons. The molecule has 10 nitrogen and oxygen atoms in total. The van der Waals surface area contributed by atoms with E-state index in [0.29, 0.717) is 23.2 Å². The summed E-state index contributed by atoms with van der Waals surface area (Å²) < 4.78 is 40.2. The predicted octanol–water partition coefficient (Wildman–Crippen LogP) is 1.54. The van der Waals surface area contributed by atoms with Gasteiger partial charge in [0.25, 0.3) is 5.91 Å². The number of thioether (sulfide) groups is 1. The number of benzene rings is 1. The Kier molecular flexibility index (Phi) is 6.01. The first-order chi connectivity index (χ1) is 15.0. The Morgan fingerprint density at radius 1 is 1.25 bits per heavy atom. The van der Waals surface area contributed by atoms with Crippen LogP contribution in [0.5, 0.6) is 11.5 Å². The molecule has 12 heteroatoms. The first-order valence-corrected chi connectivity index (χ1v) is 12.8. The predicted molar refractivity (Wildman–Crippen MR) is 119 cm³/mol. The zero-order valence-electron chi connectivity index (χ0n) is 18.0. The fourth-order valence-electron chi connectivity index (χ4n) is 3.66. The third-order valence-electron chi connectivity index (χ3n) is 4.97. The van der Waals surface area contributed by atoms with E-state index in [4.69, 9.17) is 14.2 Å². The van der Waals surface area contributed by atoms with Gasteiger partial charge in [0.15, 0.2) is 26.5 Å². The number of aliphatic imine (C=N–C) groups is 1. The highest BCUT2D eigenvalue weighted by molar-refractivity contribution is 8.15. The molecule has 3 aliphatic rings. The van der Waals surface area contributed by atoms with Crippen LogP contribution in [0.4, 0.5) is 4.79 Å². The lowest BCUT2D eigenvalue weighted by molar-refractivity contribution is -0.117. The maximum absolute atomic E-state index is 12.4. The molecule has 32 heavy (non-hydrogen) atoms. The normalized spacial score (nSPS) is 24.5. The van der Waals surface area contributed by atoms with Crippen LogP contribution < -0.4 is 14.8 Å². The van der Waals surface area contributed by atoms with Gasteiger partial charge in [0, 0.05) is 11.8 Å². The molecule has 0 bridgehead atoms. The number of carbonyl (C=O) groups excluding carboxylic acids is 2. The summed E-state index contributed by atoms with van der Waals surface area (Å²) in [7, 11) is -3.15. The summed E-state index contributed by atoms with van der Waals surface area (Å²) in [5.74, 6) is 0.795. The van der Waals surface area contributed by atoms with E-state index in [9.17, 15) is 18.0 Å². The topological polar surface area (TPSA) is 124 Å². The molecule has 3 heterocycles. The Morgan fingerprint density at radius 2 is 2.00 bits per heavy atom. The number of carbonyl (C=O) groups is 2. The molecule has 0 aromatic heterocycles. The van der Waals surface area contributed by atoms with Gasteiger partial charge < -0.3 is 24.4 Å². The van der Waals surface area contributed by atoms with Crippen molar-refractivity contribution in [2.24, 2.45) is 4.99 Å². The fraction of sp³-hybridized carbons (Fsp3) is 0.550.